The summed E-state index contributed by atoms with van der Waals surface area (Å²) in [5, 5.41) is 11.8. The van der Waals surface area contributed by atoms with Gasteiger partial charge in [-0.05, 0) is 42.0 Å². The van der Waals surface area contributed by atoms with E-state index >= 15 is 0 Å². The Labute approximate surface area is 144 Å². The zero-order valence-corrected chi connectivity index (χ0v) is 13.6. The Morgan fingerprint density at radius 1 is 1.04 bits per heavy atom. The van der Waals surface area contributed by atoms with Gasteiger partial charge >= 0.3 is 0 Å². The van der Waals surface area contributed by atoms with Crippen LogP contribution in [-0.4, -0.2) is 10.1 Å². The maximum atomic E-state index is 13.5. The number of phenols is 1. The molecule has 25 heavy (non-hydrogen) atoms. The summed E-state index contributed by atoms with van der Waals surface area (Å²) in [5.74, 6) is -0.0840. The molecule has 2 aromatic carbocycles. The summed E-state index contributed by atoms with van der Waals surface area (Å²) in [6.07, 6.45) is 5.61. The van der Waals surface area contributed by atoms with Crippen molar-refractivity contribution in [2.24, 2.45) is 7.05 Å². The third kappa shape index (κ3) is 2.72. The lowest BCUT2D eigenvalue weighted by molar-refractivity contribution is -0.646. The number of aryl methyl sites for hydroxylation is 1. The largest absolute Gasteiger partial charge is 0.506 e. The summed E-state index contributed by atoms with van der Waals surface area (Å²) in [6.45, 7) is 0. The lowest BCUT2D eigenvalue weighted by Gasteiger charge is -2.04. The van der Waals surface area contributed by atoms with E-state index in [4.69, 9.17) is 0 Å². The monoisotopic (exact) mass is 331 g/mol. The van der Waals surface area contributed by atoms with Crippen LogP contribution in [-0.2, 0) is 7.05 Å². The number of aromatic hydroxyl groups is 1. The fraction of sp³-hybridized carbons (Fsp3) is 0.0476. The van der Waals surface area contributed by atoms with Gasteiger partial charge in [-0.2, -0.15) is 4.57 Å². The molecule has 0 aliphatic rings. The topological polar surface area (TPSA) is 37.0 Å². The maximum Gasteiger partial charge on any atom is 0.215 e. The summed E-state index contributed by atoms with van der Waals surface area (Å²) in [4.78, 5) is 4.23. The molecule has 0 spiro atoms. The summed E-state index contributed by atoms with van der Waals surface area (Å²) < 4.78 is 15.5. The second-order valence-electron chi connectivity index (χ2n) is 5.93. The highest BCUT2D eigenvalue weighted by Crippen LogP contribution is 2.26. The Morgan fingerprint density at radius 2 is 1.88 bits per heavy atom. The molecule has 4 rings (SSSR count). The van der Waals surface area contributed by atoms with Gasteiger partial charge in [0.1, 0.15) is 24.1 Å². The second-order valence-corrected chi connectivity index (χ2v) is 5.93. The SMILES string of the molecule is C[n+]1c(C=Cc2ccc(O)c3ncccc23)ccc2ccc(F)cc21. The van der Waals surface area contributed by atoms with Crippen LogP contribution in [0.3, 0.4) is 0 Å². The van der Waals surface area contributed by atoms with E-state index in [0.29, 0.717) is 5.52 Å². The van der Waals surface area contributed by atoms with Crippen molar-refractivity contribution in [2.45, 2.75) is 0 Å². The molecule has 4 aromatic rings. The molecular weight excluding hydrogens is 315 g/mol. The van der Waals surface area contributed by atoms with Gasteiger partial charge in [0.05, 0.1) is 0 Å². The van der Waals surface area contributed by atoms with E-state index in [1.54, 1.807) is 18.3 Å². The molecule has 4 heteroatoms. The summed E-state index contributed by atoms with van der Waals surface area (Å²) in [5.41, 5.74) is 3.32. The highest BCUT2D eigenvalue weighted by atomic mass is 19.1. The number of aromatic nitrogens is 2. The quantitative estimate of drug-likeness (QED) is 0.558. The van der Waals surface area contributed by atoms with Gasteiger partial charge in [-0.25, -0.2) is 4.39 Å². The number of nitrogens with zero attached hydrogens (tertiary/aromatic N) is 2. The van der Waals surface area contributed by atoms with Gasteiger partial charge in [0.15, 0.2) is 0 Å². The number of hydrogen-bond donors (Lipinski definition) is 1. The molecule has 0 bridgehead atoms. The minimum absolute atomic E-state index is 0.166. The van der Waals surface area contributed by atoms with E-state index in [1.807, 2.05) is 54.1 Å². The zero-order chi connectivity index (χ0) is 17.4. The van der Waals surface area contributed by atoms with E-state index in [1.165, 1.54) is 12.1 Å². The number of pyridine rings is 2. The van der Waals surface area contributed by atoms with E-state index in [9.17, 15) is 9.50 Å². The molecule has 122 valence electrons. The molecule has 0 radical (unpaired) electrons. The van der Waals surface area contributed by atoms with Gasteiger partial charge in [-0.3, -0.25) is 4.98 Å². The highest BCUT2D eigenvalue weighted by molar-refractivity contribution is 5.93. The fourth-order valence-corrected chi connectivity index (χ4v) is 3.04. The van der Waals surface area contributed by atoms with Gasteiger partial charge in [-0.1, -0.05) is 12.1 Å². The van der Waals surface area contributed by atoms with E-state index in [-0.39, 0.29) is 11.6 Å². The Kier molecular flexibility index (Phi) is 3.65. The molecule has 2 heterocycles. The van der Waals surface area contributed by atoms with Crippen LogP contribution >= 0.6 is 0 Å². The minimum atomic E-state index is -0.250. The van der Waals surface area contributed by atoms with Crippen LogP contribution in [0.2, 0.25) is 0 Å². The van der Waals surface area contributed by atoms with Crippen molar-refractivity contribution in [1.82, 2.24) is 4.98 Å². The summed E-state index contributed by atoms with van der Waals surface area (Å²) in [6, 6.07) is 16.0. The molecule has 0 saturated heterocycles. The molecular formula is C21H16FN2O+. The lowest BCUT2D eigenvalue weighted by Crippen LogP contribution is -2.32. The first-order chi connectivity index (χ1) is 12.1. The first-order valence-electron chi connectivity index (χ1n) is 7.96. The predicted octanol–water partition coefficient (Wildman–Crippen LogP) is 4.23. The van der Waals surface area contributed by atoms with Gasteiger partial charge in [0.25, 0.3) is 0 Å². The molecule has 1 N–H and O–H groups in total. The molecule has 0 saturated carbocycles. The molecule has 0 amide bonds. The normalized spacial score (nSPS) is 11.6. The van der Waals surface area contributed by atoms with Crippen LogP contribution < -0.4 is 4.57 Å². The smallest absolute Gasteiger partial charge is 0.215 e. The van der Waals surface area contributed by atoms with E-state index in [2.05, 4.69) is 4.98 Å². The molecule has 0 aliphatic carbocycles. The second kappa shape index (κ2) is 5.98. The van der Waals surface area contributed by atoms with Crippen LogP contribution in [0.1, 0.15) is 11.3 Å². The predicted molar refractivity (Wildman–Crippen MR) is 97.4 cm³/mol. The Balaban J connectivity index is 1.82. The van der Waals surface area contributed by atoms with Crippen molar-refractivity contribution in [3.8, 4) is 5.75 Å². The van der Waals surface area contributed by atoms with Crippen molar-refractivity contribution in [3.05, 3.63) is 77.9 Å². The van der Waals surface area contributed by atoms with E-state index < -0.39 is 0 Å². The average molecular weight is 331 g/mol. The minimum Gasteiger partial charge on any atom is -0.506 e. The molecule has 2 aromatic heterocycles. The number of halogens is 1. The third-order valence-corrected chi connectivity index (χ3v) is 4.39. The summed E-state index contributed by atoms with van der Waals surface area (Å²) in [7, 11) is 1.91. The Hall–Kier alpha value is -3.27. The van der Waals surface area contributed by atoms with Crippen LogP contribution in [0.25, 0.3) is 34.0 Å². The number of hydrogen-bond acceptors (Lipinski definition) is 2. The van der Waals surface area contributed by atoms with Gasteiger partial charge in [0.2, 0.25) is 11.2 Å². The molecule has 3 nitrogen and oxygen atoms in total. The lowest BCUT2D eigenvalue weighted by atomic mass is 10.1. The van der Waals surface area contributed by atoms with Crippen molar-refractivity contribution < 1.29 is 14.1 Å². The maximum absolute atomic E-state index is 13.5. The number of fused-ring (bicyclic) bond motifs is 2. The van der Waals surface area contributed by atoms with Gasteiger partial charge in [0, 0.05) is 35.2 Å². The third-order valence-electron chi connectivity index (χ3n) is 4.39. The number of benzene rings is 2. The number of phenolic OH excluding ortho intramolecular Hbond substituents is 1. The average Bonchev–Trinajstić information content (AvgIpc) is 2.63. The molecule has 0 atom stereocenters. The molecule has 0 aliphatic heterocycles. The Bertz CT molecular complexity index is 1140. The van der Waals surface area contributed by atoms with Crippen molar-refractivity contribution in [2.75, 3.05) is 0 Å². The van der Waals surface area contributed by atoms with Gasteiger partial charge < -0.3 is 5.11 Å². The van der Waals surface area contributed by atoms with Gasteiger partial charge in [-0.15, -0.1) is 0 Å². The first kappa shape index (κ1) is 15.3. The van der Waals surface area contributed by atoms with Crippen molar-refractivity contribution in [1.29, 1.82) is 0 Å². The first-order valence-corrected chi connectivity index (χ1v) is 7.96. The van der Waals surface area contributed by atoms with Crippen LogP contribution in [0.15, 0.2) is 60.8 Å². The van der Waals surface area contributed by atoms with Crippen molar-refractivity contribution >= 4 is 34.0 Å². The summed E-state index contributed by atoms with van der Waals surface area (Å²) >= 11 is 0. The molecule has 0 unspecified atom stereocenters. The number of rotatable bonds is 2. The standard InChI is InChI=1S/C21H15FN2O/c1-24-17(10-6-15-4-8-16(22)13-19(15)24)9-5-14-7-11-20(25)21-18(14)3-2-12-23-21/h2-13H,1H3/p+1. The van der Waals surface area contributed by atoms with Crippen LogP contribution in [0.5, 0.6) is 5.75 Å². The molecule has 0 fully saturated rings. The van der Waals surface area contributed by atoms with Crippen LogP contribution in [0.4, 0.5) is 4.39 Å². The Morgan fingerprint density at radius 3 is 2.76 bits per heavy atom. The van der Waals surface area contributed by atoms with Crippen LogP contribution in [0, 0.1) is 5.82 Å². The highest BCUT2D eigenvalue weighted by Gasteiger charge is 2.11. The van der Waals surface area contributed by atoms with E-state index in [0.717, 1.165) is 27.5 Å². The fourth-order valence-electron chi connectivity index (χ4n) is 3.04. The van der Waals surface area contributed by atoms with Crippen molar-refractivity contribution in [3.63, 3.8) is 0 Å². The zero-order valence-electron chi connectivity index (χ0n) is 13.6.